The van der Waals surface area contributed by atoms with Crippen molar-refractivity contribution in [3.63, 3.8) is 0 Å². The molecule has 0 fully saturated rings. The molecule has 1 N–H and O–H groups in total. The highest BCUT2D eigenvalue weighted by Crippen LogP contribution is 2.38. The number of carbonyl (C=O) groups excluding carboxylic acids is 1. The van der Waals surface area contributed by atoms with E-state index in [1.54, 1.807) is 36.5 Å². The fraction of sp³-hybridized carbons (Fsp3) is 0.0909. The molecule has 0 spiro atoms. The van der Waals surface area contributed by atoms with Crippen LogP contribution in [0, 0.1) is 5.82 Å². The Morgan fingerprint density at radius 3 is 2.70 bits per heavy atom. The van der Waals surface area contributed by atoms with Crippen molar-refractivity contribution in [2.75, 3.05) is 18.5 Å². The number of nitrogens with zero attached hydrogens (tertiary/aromatic N) is 1. The Hall–Kier alpha value is -3.58. The van der Waals surface area contributed by atoms with Crippen LogP contribution in [0.4, 0.5) is 10.1 Å². The lowest BCUT2D eigenvalue weighted by Crippen LogP contribution is -2.16. The molecule has 0 unspecified atom stereocenters. The second-order valence-electron chi connectivity index (χ2n) is 6.28. The van der Waals surface area contributed by atoms with Crippen molar-refractivity contribution in [3.05, 3.63) is 77.3 Å². The lowest BCUT2D eigenvalue weighted by atomic mass is 10.2. The van der Waals surface area contributed by atoms with Crippen molar-refractivity contribution in [1.82, 2.24) is 4.98 Å². The molecule has 1 amide bonds. The molecule has 1 aliphatic rings. The van der Waals surface area contributed by atoms with Crippen LogP contribution in [0.5, 0.6) is 23.0 Å². The molecule has 0 aliphatic carbocycles. The second-order valence-corrected chi connectivity index (χ2v) is 6.69. The lowest BCUT2D eigenvalue weighted by molar-refractivity contribution is -0.111. The van der Waals surface area contributed by atoms with Crippen LogP contribution in [-0.2, 0) is 4.79 Å². The summed E-state index contributed by atoms with van der Waals surface area (Å²) in [6.45, 7) is 0.869. The van der Waals surface area contributed by atoms with Gasteiger partial charge in [-0.2, -0.15) is 0 Å². The van der Waals surface area contributed by atoms with E-state index in [-0.39, 0.29) is 5.75 Å². The van der Waals surface area contributed by atoms with Crippen LogP contribution in [0.2, 0.25) is 5.02 Å². The molecule has 0 saturated carbocycles. The summed E-state index contributed by atoms with van der Waals surface area (Å²) >= 11 is 6.18. The highest BCUT2D eigenvalue weighted by Gasteiger charge is 2.16. The number of amides is 1. The van der Waals surface area contributed by atoms with Gasteiger partial charge in [0.25, 0.3) is 0 Å². The molecular weight excluding hydrogens is 411 g/mol. The lowest BCUT2D eigenvalue weighted by Gasteiger charge is -2.19. The second kappa shape index (κ2) is 8.84. The number of ether oxygens (including phenoxy) is 3. The average Bonchev–Trinajstić information content (AvgIpc) is 2.75. The maximum atomic E-state index is 14.3. The van der Waals surface area contributed by atoms with Crippen molar-refractivity contribution in [2.24, 2.45) is 0 Å². The zero-order valence-corrected chi connectivity index (χ0v) is 16.4. The van der Waals surface area contributed by atoms with Crippen LogP contribution < -0.4 is 19.5 Å². The Kier molecular flexibility index (Phi) is 5.81. The quantitative estimate of drug-likeness (QED) is 0.575. The van der Waals surface area contributed by atoms with E-state index in [4.69, 9.17) is 25.8 Å². The maximum Gasteiger partial charge on any atom is 0.248 e. The van der Waals surface area contributed by atoms with Crippen molar-refractivity contribution < 1.29 is 23.4 Å². The molecule has 3 aromatic rings. The summed E-state index contributed by atoms with van der Waals surface area (Å²) in [7, 11) is 0. The zero-order valence-electron chi connectivity index (χ0n) is 15.6. The first-order chi connectivity index (χ1) is 14.6. The first kappa shape index (κ1) is 19.7. The molecule has 2 heterocycles. The number of hydrogen-bond acceptors (Lipinski definition) is 5. The normalized spacial score (nSPS) is 12.6. The summed E-state index contributed by atoms with van der Waals surface area (Å²) in [4.78, 5) is 16.2. The summed E-state index contributed by atoms with van der Waals surface area (Å²) in [5.74, 6) is 0.545. The largest absolute Gasteiger partial charge is 0.486 e. The first-order valence-corrected chi connectivity index (χ1v) is 9.42. The third kappa shape index (κ3) is 4.69. The Balaban J connectivity index is 1.42. The summed E-state index contributed by atoms with van der Waals surface area (Å²) in [6.07, 6.45) is 5.85. The number of rotatable bonds is 5. The topological polar surface area (TPSA) is 69.7 Å². The van der Waals surface area contributed by atoms with Crippen LogP contribution in [0.15, 0.2) is 60.9 Å². The molecule has 30 heavy (non-hydrogen) atoms. The summed E-state index contributed by atoms with van der Waals surface area (Å²) in [6, 6.07) is 10.9. The molecule has 1 aromatic heterocycles. The van der Waals surface area contributed by atoms with Crippen LogP contribution >= 0.6 is 11.6 Å². The summed E-state index contributed by atoms with van der Waals surface area (Å²) < 4.78 is 30.7. The Labute approximate surface area is 176 Å². The van der Waals surface area contributed by atoms with Gasteiger partial charge in [-0.1, -0.05) is 17.7 Å². The molecule has 0 saturated heterocycles. The number of halogens is 2. The van der Waals surface area contributed by atoms with Gasteiger partial charge in [0, 0.05) is 24.4 Å². The average molecular weight is 427 g/mol. The van der Waals surface area contributed by atoms with Gasteiger partial charge in [-0.05, 0) is 35.9 Å². The predicted molar refractivity (Wildman–Crippen MR) is 111 cm³/mol. The molecule has 152 valence electrons. The highest BCUT2D eigenvalue weighted by molar-refractivity contribution is 6.34. The maximum absolute atomic E-state index is 14.3. The number of anilines is 1. The Bertz CT molecular complexity index is 1110. The standard InChI is InChI=1S/C22H16ClFN2O4/c23-16-11-20-21(29-9-8-28-20)12-18(16)26-22(27)6-4-14-3-5-19(17(24)10-14)30-15-2-1-7-25-13-15/h1-7,10-13H,8-9H2,(H,26,27)/b6-4+. The van der Waals surface area contributed by atoms with E-state index in [1.807, 2.05) is 0 Å². The minimum atomic E-state index is -0.559. The van der Waals surface area contributed by atoms with E-state index in [0.717, 1.165) is 0 Å². The van der Waals surface area contributed by atoms with Gasteiger partial charge in [0.05, 0.1) is 16.9 Å². The van der Waals surface area contributed by atoms with Crippen molar-refractivity contribution in [1.29, 1.82) is 0 Å². The van der Waals surface area contributed by atoms with E-state index in [1.165, 1.54) is 30.5 Å². The van der Waals surface area contributed by atoms with Gasteiger partial charge in [0.1, 0.15) is 19.0 Å². The Morgan fingerprint density at radius 2 is 1.97 bits per heavy atom. The van der Waals surface area contributed by atoms with Crippen LogP contribution in [0.25, 0.3) is 6.08 Å². The molecule has 0 radical (unpaired) electrons. The van der Waals surface area contributed by atoms with E-state index in [2.05, 4.69) is 10.3 Å². The molecule has 4 rings (SSSR count). The van der Waals surface area contributed by atoms with Gasteiger partial charge in [0.15, 0.2) is 23.1 Å². The van der Waals surface area contributed by atoms with Gasteiger partial charge in [0.2, 0.25) is 5.91 Å². The van der Waals surface area contributed by atoms with Crippen LogP contribution in [0.3, 0.4) is 0 Å². The third-order valence-corrected chi connectivity index (χ3v) is 4.45. The number of nitrogens with one attached hydrogen (secondary N) is 1. The zero-order chi connectivity index (χ0) is 20.9. The number of carbonyl (C=O) groups is 1. The van der Waals surface area contributed by atoms with Crippen molar-refractivity contribution >= 4 is 29.3 Å². The van der Waals surface area contributed by atoms with Crippen LogP contribution in [-0.4, -0.2) is 24.1 Å². The smallest absolute Gasteiger partial charge is 0.248 e. The molecular formula is C22H16ClFN2O4. The van der Waals surface area contributed by atoms with Gasteiger partial charge >= 0.3 is 0 Å². The minimum Gasteiger partial charge on any atom is -0.486 e. The third-order valence-electron chi connectivity index (χ3n) is 4.14. The van der Waals surface area contributed by atoms with E-state index in [0.29, 0.717) is 46.7 Å². The molecule has 8 heteroatoms. The van der Waals surface area contributed by atoms with Gasteiger partial charge < -0.3 is 19.5 Å². The van der Waals surface area contributed by atoms with E-state index in [9.17, 15) is 9.18 Å². The minimum absolute atomic E-state index is 0.0626. The van der Waals surface area contributed by atoms with Crippen LogP contribution in [0.1, 0.15) is 5.56 Å². The molecule has 2 aromatic carbocycles. The monoisotopic (exact) mass is 426 g/mol. The van der Waals surface area contributed by atoms with Crippen molar-refractivity contribution in [2.45, 2.75) is 0 Å². The summed E-state index contributed by atoms with van der Waals surface area (Å²) in [5.41, 5.74) is 0.886. The predicted octanol–water partition coefficient (Wildman–Crippen LogP) is 5.09. The number of hydrogen-bond donors (Lipinski definition) is 1. The molecule has 0 atom stereocenters. The first-order valence-electron chi connectivity index (χ1n) is 9.04. The number of aromatic nitrogens is 1. The van der Waals surface area contributed by atoms with E-state index >= 15 is 0 Å². The van der Waals surface area contributed by atoms with Gasteiger partial charge in [-0.25, -0.2) is 4.39 Å². The SMILES string of the molecule is O=C(/C=C/c1ccc(Oc2cccnc2)c(F)c1)Nc1cc2c(cc1Cl)OCCO2. The van der Waals surface area contributed by atoms with Gasteiger partial charge in [-0.15, -0.1) is 0 Å². The summed E-state index contributed by atoms with van der Waals surface area (Å²) in [5, 5.41) is 2.99. The highest BCUT2D eigenvalue weighted by atomic mass is 35.5. The fourth-order valence-electron chi connectivity index (χ4n) is 2.74. The number of pyridine rings is 1. The molecule has 6 nitrogen and oxygen atoms in total. The molecule has 1 aliphatic heterocycles. The van der Waals surface area contributed by atoms with E-state index < -0.39 is 11.7 Å². The Morgan fingerprint density at radius 1 is 1.17 bits per heavy atom. The molecule has 0 bridgehead atoms. The van der Waals surface area contributed by atoms with Crippen molar-refractivity contribution in [3.8, 4) is 23.0 Å². The number of fused-ring (bicyclic) bond motifs is 1. The fourth-order valence-corrected chi connectivity index (χ4v) is 2.94. The number of benzene rings is 2. The van der Waals surface area contributed by atoms with Gasteiger partial charge in [-0.3, -0.25) is 9.78 Å².